The Morgan fingerprint density at radius 1 is 1.33 bits per heavy atom. The van der Waals surface area contributed by atoms with Gasteiger partial charge in [-0.15, -0.1) is 0 Å². The van der Waals surface area contributed by atoms with Crippen LogP contribution < -0.4 is 15.4 Å². The van der Waals surface area contributed by atoms with Gasteiger partial charge in [0.25, 0.3) is 5.91 Å². The minimum Gasteiger partial charge on any atom is -0.496 e. The van der Waals surface area contributed by atoms with E-state index in [-0.39, 0.29) is 23.9 Å². The number of methoxy groups -OCH3 is 1. The number of aryl methyl sites for hydroxylation is 1. The Morgan fingerprint density at radius 3 is 2.90 bits per heavy atom. The number of carbonyl (C=O) groups excluding carboxylic acids is 2. The molecule has 0 bridgehead atoms. The SMILES string of the molecule is CCC1CC(=O)NC2CC(NC(=O)c3cc(-c4ccccc4OC)nn3C)CCC12. The molecular weight excluding hydrogens is 380 g/mol. The number of fused-ring (bicyclic) bond motifs is 1. The second kappa shape index (κ2) is 8.50. The number of nitrogens with zero attached hydrogens (tertiary/aromatic N) is 2. The van der Waals surface area contributed by atoms with Gasteiger partial charge >= 0.3 is 0 Å². The second-order valence-corrected chi connectivity index (χ2v) is 8.43. The predicted octanol–water partition coefficient (Wildman–Crippen LogP) is 2.91. The number of aromatic nitrogens is 2. The monoisotopic (exact) mass is 410 g/mol. The first-order chi connectivity index (χ1) is 14.5. The molecule has 2 N–H and O–H groups in total. The molecule has 4 atom stereocenters. The maximum Gasteiger partial charge on any atom is 0.269 e. The van der Waals surface area contributed by atoms with Crippen molar-refractivity contribution < 1.29 is 14.3 Å². The average Bonchev–Trinajstić information content (AvgIpc) is 3.14. The van der Waals surface area contributed by atoms with Gasteiger partial charge in [0, 0.05) is 31.1 Å². The maximum atomic E-state index is 13.0. The van der Waals surface area contributed by atoms with Crippen molar-refractivity contribution in [1.29, 1.82) is 0 Å². The second-order valence-electron chi connectivity index (χ2n) is 8.43. The van der Waals surface area contributed by atoms with Crippen LogP contribution >= 0.6 is 0 Å². The Balaban J connectivity index is 1.46. The van der Waals surface area contributed by atoms with Gasteiger partial charge in [0.05, 0.1) is 12.8 Å². The van der Waals surface area contributed by atoms with E-state index in [4.69, 9.17) is 4.74 Å². The number of ether oxygens (including phenoxy) is 1. The Hall–Kier alpha value is -2.83. The molecule has 2 amide bonds. The van der Waals surface area contributed by atoms with E-state index >= 15 is 0 Å². The summed E-state index contributed by atoms with van der Waals surface area (Å²) in [6.45, 7) is 2.16. The molecule has 2 aliphatic rings. The molecule has 7 nitrogen and oxygen atoms in total. The summed E-state index contributed by atoms with van der Waals surface area (Å²) in [4.78, 5) is 25.0. The number of amides is 2. The van der Waals surface area contributed by atoms with Crippen LogP contribution in [0.25, 0.3) is 11.3 Å². The van der Waals surface area contributed by atoms with Crippen LogP contribution in [-0.4, -0.2) is 40.8 Å². The van der Waals surface area contributed by atoms with E-state index in [1.54, 1.807) is 24.9 Å². The number of hydrogen-bond acceptors (Lipinski definition) is 4. The van der Waals surface area contributed by atoms with Gasteiger partial charge in [-0.05, 0) is 49.3 Å². The highest BCUT2D eigenvalue weighted by Gasteiger charge is 2.40. The van der Waals surface area contributed by atoms with E-state index in [1.807, 2.05) is 24.3 Å². The molecule has 4 unspecified atom stereocenters. The van der Waals surface area contributed by atoms with Crippen LogP contribution in [0, 0.1) is 11.8 Å². The molecule has 1 aliphatic heterocycles. The normalized spacial score (nSPS) is 25.9. The van der Waals surface area contributed by atoms with Crippen LogP contribution in [-0.2, 0) is 11.8 Å². The van der Waals surface area contributed by atoms with Gasteiger partial charge in [0.15, 0.2) is 0 Å². The van der Waals surface area contributed by atoms with Crippen molar-refractivity contribution in [2.24, 2.45) is 18.9 Å². The Bertz CT molecular complexity index is 938. The lowest BCUT2D eigenvalue weighted by atomic mass is 9.70. The zero-order valence-electron chi connectivity index (χ0n) is 17.9. The van der Waals surface area contributed by atoms with E-state index in [2.05, 4.69) is 22.7 Å². The quantitative estimate of drug-likeness (QED) is 0.794. The van der Waals surface area contributed by atoms with Gasteiger partial charge in [-0.2, -0.15) is 5.10 Å². The lowest BCUT2D eigenvalue weighted by molar-refractivity contribution is -0.127. The third-order valence-corrected chi connectivity index (χ3v) is 6.66. The zero-order valence-corrected chi connectivity index (χ0v) is 17.9. The molecule has 7 heteroatoms. The first-order valence-electron chi connectivity index (χ1n) is 10.8. The molecule has 2 aromatic rings. The molecular formula is C23H30N4O3. The van der Waals surface area contributed by atoms with E-state index < -0.39 is 0 Å². The van der Waals surface area contributed by atoms with Crippen molar-refractivity contribution in [2.75, 3.05) is 7.11 Å². The van der Waals surface area contributed by atoms with Crippen LogP contribution in [0.5, 0.6) is 5.75 Å². The van der Waals surface area contributed by atoms with Gasteiger partial charge in [-0.1, -0.05) is 25.5 Å². The summed E-state index contributed by atoms with van der Waals surface area (Å²) < 4.78 is 7.03. The topological polar surface area (TPSA) is 85.2 Å². The van der Waals surface area contributed by atoms with Crippen molar-refractivity contribution in [3.63, 3.8) is 0 Å². The number of carbonyl (C=O) groups is 2. The first-order valence-corrected chi connectivity index (χ1v) is 10.8. The first kappa shape index (κ1) is 20.4. The lowest BCUT2D eigenvalue weighted by Crippen LogP contribution is -2.55. The van der Waals surface area contributed by atoms with E-state index in [0.717, 1.165) is 37.0 Å². The lowest BCUT2D eigenvalue weighted by Gasteiger charge is -2.44. The minimum atomic E-state index is -0.135. The summed E-state index contributed by atoms with van der Waals surface area (Å²) in [7, 11) is 3.40. The molecule has 4 rings (SSSR count). The molecule has 1 aromatic heterocycles. The number of para-hydroxylation sites is 1. The number of hydrogen-bond donors (Lipinski definition) is 2. The van der Waals surface area contributed by atoms with E-state index in [1.165, 1.54) is 0 Å². The third-order valence-electron chi connectivity index (χ3n) is 6.66. The molecule has 30 heavy (non-hydrogen) atoms. The van der Waals surface area contributed by atoms with Crippen molar-refractivity contribution in [3.05, 3.63) is 36.0 Å². The van der Waals surface area contributed by atoms with Gasteiger partial charge in [-0.3, -0.25) is 14.3 Å². The highest BCUT2D eigenvalue weighted by molar-refractivity contribution is 5.94. The summed E-state index contributed by atoms with van der Waals surface area (Å²) >= 11 is 0. The zero-order chi connectivity index (χ0) is 21.3. The molecule has 0 radical (unpaired) electrons. The molecule has 2 heterocycles. The fourth-order valence-corrected chi connectivity index (χ4v) is 5.08. The molecule has 1 saturated carbocycles. The number of nitrogens with one attached hydrogen (secondary N) is 2. The van der Waals surface area contributed by atoms with E-state index in [0.29, 0.717) is 29.6 Å². The highest BCUT2D eigenvalue weighted by atomic mass is 16.5. The Kier molecular flexibility index (Phi) is 5.79. The highest BCUT2D eigenvalue weighted by Crippen LogP contribution is 2.37. The van der Waals surface area contributed by atoms with Crippen LogP contribution in [0.4, 0.5) is 0 Å². The summed E-state index contributed by atoms with van der Waals surface area (Å²) in [6, 6.07) is 9.65. The standard InChI is InChI=1S/C23H30N4O3/c1-4-14-11-22(28)25-18-12-15(9-10-16(14)18)24-23(29)20-13-19(26-27(20)2)17-7-5-6-8-21(17)30-3/h5-8,13-16,18H,4,9-12H2,1-3H3,(H,24,29)(H,25,28). The average molecular weight is 411 g/mol. The van der Waals surface area contributed by atoms with Crippen LogP contribution in [0.3, 0.4) is 0 Å². The minimum absolute atomic E-state index is 0.0549. The van der Waals surface area contributed by atoms with Crippen molar-refractivity contribution in [2.45, 2.75) is 51.1 Å². The number of rotatable bonds is 5. The van der Waals surface area contributed by atoms with Gasteiger partial charge in [0.1, 0.15) is 11.4 Å². The molecule has 1 aliphatic carbocycles. The summed E-state index contributed by atoms with van der Waals surface area (Å²) in [5.41, 5.74) is 2.07. The van der Waals surface area contributed by atoms with Crippen LogP contribution in [0.1, 0.15) is 49.5 Å². The van der Waals surface area contributed by atoms with Crippen LogP contribution in [0.15, 0.2) is 30.3 Å². The number of piperidine rings is 1. The molecule has 0 spiro atoms. The van der Waals surface area contributed by atoms with Crippen molar-refractivity contribution in [3.8, 4) is 17.0 Å². The summed E-state index contributed by atoms with van der Waals surface area (Å²) in [5.74, 6) is 1.71. The summed E-state index contributed by atoms with van der Waals surface area (Å²) in [6.07, 6.45) is 4.43. The van der Waals surface area contributed by atoms with Crippen molar-refractivity contribution >= 4 is 11.8 Å². The summed E-state index contributed by atoms with van der Waals surface area (Å²) in [5, 5.41) is 10.8. The fraction of sp³-hybridized carbons (Fsp3) is 0.522. The molecule has 1 saturated heterocycles. The largest absolute Gasteiger partial charge is 0.496 e. The predicted molar refractivity (Wildman–Crippen MR) is 114 cm³/mol. The van der Waals surface area contributed by atoms with Crippen LogP contribution in [0.2, 0.25) is 0 Å². The van der Waals surface area contributed by atoms with E-state index in [9.17, 15) is 9.59 Å². The molecule has 1 aromatic carbocycles. The smallest absolute Gasteiger partial charge is 0.269 e. The Labute approximate surface area is 177 Å². The maximum absolute atomic E-state index is 13.0. The fourth-order valence-electron chi connectivity index (χ4n) is 5.08. The van der Waals surface area contributed by atoms with Gasteiger partial charge < -0.3 is 15.4 Å². The molecule has 2 fully saturated rings. The molecule has 160 valence electrons. The van der Waals surface area contributed by atoms with Gasteiger partial charge in [-0.25, -0.2) is 0 Å². The number of benzene rings is 1. The van der Waals surface area contributed by atoms with Crippen molar-refractivity contribution in [1.82, 2.24) is 20.4 Å². The van der Waals surface area contributed by atoms with Gasteiger partial charge in [0.2, 0.25) is 5.91 Å². The Morgan fingerprint density at radius 2 is 2.13 bits per heavy atom. The third kappa shape index (κ3) is 3.93.